The first-order valence-electron chi connectivity index (χ1n) is 11.1. The molecule has 0 radical (unpaired) electrons. The number of ether oxygens (including phenoxy) is 1. The average molecular weight is 532 g/mol. The maximum absolute atomic E-state index is 13.5. The molecule has 3 aromatic rings. The van der Waals surface area contributed by atoms with E-state index in [0.717, 1.165) is 9.87 Å². The number of amides is 1. The van der Waals surface area contributed by atoms with Crippen LogP contribution in [0.1, 0.15) is 22.8 Å². The first kappa shape index (κ1) is 27.3. The summed E-state index contributed by atoms with van der Waals surface area (Å²) in [5.74, 6) is -0.489. The highest BCUT2D eigenvalue weighted by molar-refractivity contribution is 7.89. The fraction of sp³-hybridized carbons (Fsp3) is 0.240. The molecule has 0 saturated carbocycles. The van der Waals surface area contributed by atoms with E-state index in [-0.39, 0.29) is 39.9 Å². The van der Waals surface area contributed by atoms with Crippen LogP contribution in [0.15, 0.2) is 82.6 Å². The van der Waals surface area contributed by atoms with E-state index < -0.39 is 26.0 Å². The molecule has 0 atom stereocenters. The second-order valence-electron chi connectivity index (χ2n) is 8.05. The number of rotatable bonds is 10. The highest BCUT2D eigenvalue weighted by Gasteiger charge is 2.28. The number of carbonyl (C=O) groups excluding carboxylic acids is 1. The molecule has 0 saturated heterocycles. The lowest BCUT2D eigenvalue weighted by Gasteiger charge is -2.22. The molecule has 36 heavy (non-hydrogen) atoms. The predicted octanol–water partition coefficient (Wildman–Crippen LogP) is 3.41. The molecule has 0 aliphatic carbocycles. The molecule has 3 rings (SSSR count). The van der Waals surface area contributed by atoms with Crippen molar-refractivity contribution in [3.05, 3.63) is 83.9 Å². The summed E-state index contributed by atoms with van der Waals surface area (Å²) in [4.78, 5) is 12.9. The van der Waals surface area contributed by atoms with Crippen LogP contribution < -0.4 is 10.1 Å². The number of hydrogen-bond donors (Lipinski definition) is 1. The molecule has 3 aromatic carbocycles. The summed E-state index contributed by atoms with van der Waals surface area (Å²) in [6, 6.07) is 19.1. The highest BCUT2D eigenvalue weighted by Crippen LogP contribution is 2.29. The van der Waals surface area contributed by atoms with Crippen molar-refractivity contribution in [3.8, 4) is 5.75 Å². The normalized spacial score (nSPS) is 12.1. The van der Waals surface area contributed by atoms with Crippen LogP contribution in [0.2, 0.25) is 0 Å². The predicted molar refractivity (Wildman–Crippen MR) is 138 cm³/mol. The number of methoxy groups -OCH3 is 1. The topological polar surface area (TPSA) is 113 Å². The van der Waals surface area contributed by atoms with Crippen molar-refractivity contribution in [1.82, 2.24) is 8.61 Å². The molecule has 0 fully saturated rings. The van der Waals surface area contributed by atoms with Gasteiger partial charge in [0.15, 0.2) is 0 Å². The fourth-order valence-corrected chi connectivity index (χ4v) is 6.03. The Morgan fingerprint density at radius 3 is 2.19 bits per heavy atom. The third-order valence-electron chi connectivity index (χ3n) is 5.47. The van der Waals surface area contributed by atoms with Gasteiger partial charge in [0, 0.05) is 38.4 Å². The summed E-state index contributed by atoms with van der Waals surface area (Å²) in [7, 11) is -3.52. The highest BCUT2D eigenvalue weighted by atomic mass is 32.2. The van der Waals surface area contributed by atoms with Crippen molar-refractivity contribution in [3.63, 3.8) is 0 Å². The molecular formula is C25H29N3O6S2. The maximum atomic E-state index is 13.5. The smallest absolute Gasteiger partial charge is 0.255 e. The zero-order valence-corrected chi connectivity index (χ0v) is 22.1. The molecule has 0 spiro atoms. The van der Waals surface area contributed by atoms with Crippen LogP contribution in [0, 0.1) is 0 Å². The molecule has 0 aliphatic heterocycles. The van der Waals surface area contributed by atoms with Crippen LogP contribution in [0.5, 0.6) is 5.75 Å². The Bertz CT molecular complexity index is 1440. The standard InChI is InChI=1S/C25H29N3O6S2/c1-5-28(18-19-10-7-6-8-11-19)36(32,33)24-16-20(14-15-23(24)34-4)25(29)26-21-12-9-13-22(17-21)35(30,31)27(2)3/h6-17H,5,18H2,1-4H3,(H,26,29). The Kier molecular flexibility index (Phi) is 8.51. The Labute approximate surface area is 212 Å². The van der Waals surface area contributed by atoms with Gasteiger partial charge in [0.2, 0.25) is 20.0 Å². The Morgan fingerprint density at radius 2 is 1.58 bits per heavy atom. The molecule has 0 unspecified atom stereocenters. The van der Waals surface area contributed by atoms with Crippen molar-refractivity contribution in [2.45, 2.75) is 23.3 Å². The maximum Gasteiger partial charge on any atom is 0.255 e. The lowest BCUT2D eigenvalue weighted by molar-refractivity contribution is 0.102. The van der Waals surface area contributed by atoms with Gasteiger partial charge in [-0.3, -0.25) is 4.79 Å². The molecular weight excluding hydrogens is 502 g/mol. The van der Waals surface area contributed by atoms with Crippen LogP contribution in [-0.4, -0.2) is 59.1 Å². The van der Waals surface area contributed by atoms with Crippen LogP contribution in [0.4, 0.5) is 5.69 Å². The number of benzene rings is 3. The van der Waals surface area contributed by atoms with Crippen molar-refractivity contribution in [2.24, 2.45) is 0 Å². The Morgan fingerprint density at radius 1 is 0.889 bits per heavy atom. The number of anilines is 1. The minimum absolute atomic E-state index is 0.0165. The molecule has 1 N–H and O–H groups in total. The van der Waals surface area contributed by atoms with E-state index in [1.54, 1.807) is 13.0 Å². The molecule has 0 heterocycles. The minimum Gasteiger partial charge on any atom is -0.495 e. The zero-order valence-electron chi connectivity index (χ0n) is 20.5. The monoisotopic (exact) mass is 531 g/mol. The first-order valence-corrected chi connectivity index (χ1v) is 13.9. The van der Waals surface area contributed by atoms with Gasteiger partial charge in [0.1, 0.15) is 10.6 Å². The van der Waals surface area contributed by atoms with E-state index in [1.165, 1.54) is 61.9 Å². The summed E-state index contributed by atoms with van der Waals surface area (Å²) >= 11 is 0. The van der Waals surface area contributed by atoms with E-state index in [2.05, 4.69) is 5.32 Å². The quantitative estimate of drug-likeness (QED) is 0.429. The van der Waals surface area contributed by atoms with Gasteiger partial charge in [-0.05, 0) is 42.0 Å². The summed E-state index contributed by atoms with van der Waals surface area (Å²) in [6.07, 6.45) is 0. The van der Waals surface area contributed by atoms with Gasteiger partial charge in [-0.1, -0.05) is 43.3 Å². The van der Waals surface area contributed by atoms with Crippen molar-refractivity contribution in [2.75, 3.05) is 33.1 Å². The van der Waals surface area contributed by atoms with Gasteiger partial charge in [-0.15, -0.1) is 0 Å². The summed E-state index contributed by atoms with van der Waals surface area (Å²) in [5, 5.41) is 2.64. The van der Waals surface area contributed by atoms with Gasteiger partial charge in [0.05, 0.1) is 12.0 Å². The SMILES string of the molecule is CCN(Cc1ccccc1)S(=O)(=O)c1cc(C(=O)Nc2cccc(S(=O)(=O)N(C)C)c2)ccc1OC. The summed E-state index contributed by atoms with van der Waals surface area (Å²) in [6.45, 7) is 2.11. The van der Waals surface area contributed by atoms with E-state index in [4.69, 9.17) is 4.74 Å². The Balaban J connectivity index is 1.93. The van der Waals surface area contributed by atoms with E-state index in [0.29, 0.717) is 0 Å². The van der Waals surface area contributed by atoms with Crippen LogP contribution in [0.3, 0.4) is 0 Å². The zero-order chi connectivity index (χ0) is 26.5. The fourth-order valence-electron chi connectivity index (χ4n) is 3.46. The number of nitrogens with zero attached hydrogens (tertiary/aromatic N) is 2. The van der Waals surface area contributed by atoms with Gasteiger partial charge in [0.25, 0.3) is 5.91 Å². The third-order valence-corrected chi connectivity index (χ3v) is 9.22. The van der Waals surface area contributed by atoms with Crippen molar-refractivity contribution in [1.29, 1.82) is 0 Å². The molecule has 1 amide bonds. The third kappa shape index (κ3) is 5.93. The number of nitrogens with one attached hydrogen (secondary N) is 1. The lowest BCUT2D eigenvalue weighted by atomic mass is 10.2. The molecule has 9 nitrogen and oxygen atoms in total. The average Bonchev–Trinajstić information content (AvgIpc) is 2.87. The van der Waals surface area contributed by atoms with Crippen LogP contribution in [-0.2, 0) is 26.6 Å². The Hall–Kier alpha value is -3.25. The second-order valence-corrected chi connectivity index (χ2v) is 12.1. The van der Waals surface area contributed by atoms with E-state index in [9.17, 15) is 21.6 Å². The molecule has 11 heteroatoms. The molecule has 192 valence electrons. The van der Waals surface area contributed by atoms with Gasteiger partial charge in [-0.2, -0.15) is 4.31 Å². The van der Waals surface area contributed by atoms with Crippen molar-refractivity contribution >= 4 is 31.6 Å². The largest absolute Gasteiger partial charge is 0.495 e. The van der Waals surface area contributed by atoms with E-state index >= 15 is 0 Å². The summed E-state index contributed by atoms with van der Waals surface area (Å²) in [5.41, 5.74) is 1.15. The molecule has 0 aromatic heterocycles. The van der Waals surface area contributed by atoms with E-state index in [1.807, 2.05) is 30.3 Å². The number of hydrogen-bond acceptors (Lipinski definition) is 6. The molecule has 0 bridgehead atoms. The van der Waals surface area contributed by atoms with Gasteiger partial charge >= 0.3 is 0 Å². The minimum atomic E-state index is -4.01. The van der Waals surface area contributed by atoms with Gasteiger partial charge in [-0.25, -0.2) is 21.1 Å². The number of carbonyl (C=O) groups is 1. The van der Waals surface area contributed by atoms with Crippen LogP contribution >= 0.6 is 0 Å². The van der Waals surface area contributed by atoms with Crippen molar-refractivity contribution < 1.29 is 26.4 Å². The summed E-state index contributed by atoms with van der Waals surface area (Å²) < 4.78 is 59.6. The van der Waals surface area contributed by atoms with Gasteiger partial charge < -0.3 is 10.1 Å². The molecule has 0 aliphatic rings. The lowest BCUT2D eigenvalue weighted by Crippen LogP contribution is -2.31. The van der Waals surface area contributed by atoms with Crippen LogP contribution in [0.25, 0.3) is 0 Å². The first-order chi connectivity index (χ1) is 17.0. The number of sulfonamides is 2. The second kappa shape index (κ2) is 11.2.